The Labute approximate surface area is 86.0 Å². The Bertz CT molecular complexity index is 244. The van der Waals surface area contributed by atoms with Crippen LogP contribution in [-0.2, 0) is 6.42 Å². The Morgan fingerprint density at radius 1 is 1.36 bits per heavy atom. The lowest BCUT2D eigenvalue weighted by molar-refractivity contribution is 0.103. The van der Waals surface area contributed by atoms with E-state index in [1.807, 2.05) is 18.3 Å². The van der Waals surface area contributed by atoms with Gasteiger partial charge >= 0.3 is 0 Å². The van der Waals surface area contributed by atoms with Crippen LogP contribution >= 0.6 is 0 Å². The fourth-order valence-corrected chi connectivity index (χ4v) is 1.76. The van der Waals surface area contributed by atoms with Crippen molar-refractivity contribution < 1.29 is 5.11 Å². The van der Waals surface area contributed by atoms with Gasteiger partial charge in [-0.25, -0.2) is 0 Å². The van der Waals surface area contributed by atoms with Crippen LogP contribution in [0.4, 0.5) is 0 Å². The fourth-order valence-electron chi connectivity index (χ4n) is 1.76. The molecule has 1 rings (SSSR count). The lowest BCUT2D eigenvalue weighted by Crippen LogP contribution is -2.21. The standard InChI is InChI=1S/C12H19NO/c1-3-11(4-2)12(14)8-10-6-5-7-13-9-10/h5-7,9,11-12,14H,3-4,8H2,1-2H3. The van der Waals surface area contributed by atoms with Crippen molar-refractivity contribution in [2.24, 2.45) is 5.92 Å². The summed E-state index contributed by atoms with van der Waals surface area (Å²) in [6, 6.07) is 3.92. The van der Waals surface area contributed by atoms with Gasteiger partial charge in [0.05, 0.1) is 6.10 Å². The largest absolute Gasteiger partial charge is 0.392 e. The quantitative estimate of drug-likeness (QED) is 0.779. The van der Waals surface area contributed by atoms with Crippen LogP contribution in [0.5, 0.6) is 0 Å². The lowest BCUT2D eigenvalue weighted by atomic mass is 9.92. The third-order valence-corrected chi connectivity index (χ3v) is 2.76. The van der Waals surface area contributed by atoms with Gasteiger partial charge in [-0.3, -0.25) is 4.98 Å². The highest BCUT2D eigenvalue weighted by molar-refractivity contribution is 5.09. The molecule has 1 atom stereocenters. The monoisotopic (exact) mass is 193 g/mol. The first-order chi connectivity index (χ1) is 6.77. The zero-order valence-corrected chi connectivity index (χ0v) is 8.98. The van der Waals surface area contributed by atoms with E-state index in [2.05, 4.69) is 18.8 Å². The van der Waals surface area contributed by atoms with Crippen molar-refractivity contribution in [1.82, 2.24) is 4.98 Å². The summed E-state index contributed by atoms with van der Waals surface area (Å²) >= 11 is 0. The molecule has 2 heteroatoms. The molecule has 0 aliphatic carbocycles. The number of pyridine rings is 1. The minimum atomic E-state index is -0.228. The highest BCUT2D eigenvalue weighted by Crippen LogP contribution is 2.16. The molecule has 0 aromatic carbocycles. The fraction of sp³-hybridized carbons (Fsp3) is 0.583. The molecule has 0 radical (unpaired) electrons. The van der Waals surface area contributed by atoms with E-state index >= 15 is 0 Å². The average Bonchev–Trinajstić information content (AvgIpc) is 2.21. The topological polar surface area (TPSA) is 33.1 Å². The molecule has 1 N–H and O–H groups in total. The number of nitrogens with zero attached hydrogens (tertiary/aromatic N) is 1. The number of hydrogen-bond donors (Lipinski definition) is 1. The molecular weight excluding hydrogens is 174 g/mol. The van der Waals surface area contributed by atoms with Gasteiger partial charge in [0.1, 0.15) is 0 Å². The summed E-state index contributed by atoms with van der Waals surface area (Å²) in [5.41, 5.74) is 1.12. The van der Waals surface area contributed by atoms with Crippen molar-refractivity contribution in [2.45, 2.75) is 39.2 Å². The van der Waals surface area contributed by atoms with Crippen molar-refractivity contribution in [3.8, 4) is 0 Å². The van der Waals surface area contributed by atoms with E-state index in [0.29, 0.717) is 5.92 Å². The third-order valence-electron chi connectivity index (χ3n) is 2.76. The summed E-state index contributed by atoms with van der Waals surface area (Å²) in [5.74, 6) is 0.412. The lowest BCUT2D eigenvalue weighted by Gasteiger charge is -2.19. The SMILES string of the molecule is CCC(CC)C(O)Cc1cccnc1. The molecule has 1 heterocycles. The molecule has 0 aliphatic rings. The van der Waals surface area contributed by atoms with Gasteiger partial charge in [-0.05, 0) is 17.5 Å². The maximum atomic E-state index is 9.93. The maximum Gasteiger partial charge on any atom is 0.0609 e. The molecule has 0 saturated heterocycles. The Hall–Kier alpha value is -0.890. The first-order valence-electron chi connectivity index (χ1n) is 5.34. The molecule has 78 valence electrons. The Morgan fingerprint density at radius 3 is 2.57 bits per heavy atom. The number of rotatable bonds is 5. The highest BCUT2D eigenvalue weighted by Gasteiger charge is 2.15. The maximum absolute atomic E-state index is 9.93. The summed E-state index contributed by atoms with van der Waals surface area (Å²) < 4.78 is 0. The Balaban J connectivity index is 2.52. The predicted octanol–water partition coefficient (Wildman–Crippen LogP) is 2.42. The van der Waals surface area contributed by atoms with Gasteiger partial charge < -0.3 is 5.11 Å². The van der Waals surface area contributed by atoms with Crippen LogP contribution in [0.1, 0.15) is 32.3 Å². The zero-order chi connectivity index (χ0) is 10.4. The van der Waals surface area contributed by atoms with Crippen LogP contribution in [0.3, 0.4) is 0 Å². The van der Waals surface area contributed by atoms with E-state index in [-0.39, 0.29) is 6.10 Å². The smallest absolute Gasteiger partial charge is 0.0609 e. The van der Waals surface area contributed by atoms with E-state index in [4.69, 9.17) is 0 Å². The van der Waals surface area contributed by atoms with Gasteiger partial charge in [-0.2, -0.15) is 0 Å². The van der Waals surface area contributed by atoms with Crippen LogP contribution < -0.4 is 0 Å². The van der Waals surface area contributed by atoms with Crippen molar-refractivity contribution in [3.63, 3.8) is 0 Å². The second kappa shape index (κ2) is 5.76. The van der Waals surface area contributed by atoms with Crippen LogP contribution in [0, 0.1) is 5.92 Å². The summed E-state index contributed by atoms with van der Waals surface area (Å²) in [7, 11) is 0. The molecule has 0 amide bonds. The van der Waals surface area contributed by atoms with E-state index in [9.17, 15) is 5.11 Å². The van der Waals surface area contributed by atoms with Gasteiger partial charge in [0.2, 0.25) is 0 Å². The van der Waals surface area contributed by atoms with Gasteiger partial charge in [0, 0.05) is 18.8 Å². The number of aromatic nitrogens is 1. The van der Waals surface area contributed by atoms with Crippen LogP contribution in [-0.4, -0.2) is 16.2 Å². The normalized spacial score (nSPS) is 13.1. The van der Waals surface area contributed by atoms with Crippen molar-refractivity contribution in [2.75, 3.05) is 0 Å². The van der Waals surface area contributed by atoms with E-state index in [1.54, 1.807) is 6.20 Å². The van der Waals surface area contributed by atoms with Crippen molar-refractivity contribution in [3.05, 3.63) is 30.1 Å². The minimum Gasteiger partial charge on any atom is -0.392 e. The Kier molecular flexibility index (Phi) is 4.60. The third kappa shape index (κ3) is 3.11. The zero-order valence-electron chi connectivity index (χ0n) is 8.98. The molecular formula is C12H19NO. The summed E-state index contributed by atoms with van der Waals surface area (Å²) in [6.45, 7) is 4.25. The highest BCUT2D eigenvalue weighted by atomic mass is 16.3. The molecule has 0 saturated carbocycles. The predicted molar refractivity (Wildman–Crippen MR) is 58.0 cm³/mol. The number of aliphatic hydroxyl groups is 1. The molecule has 1 aromatic heterocycles. The van der Waals surface area contributed by atoms with Crippen molar-refractivity contribution in [1.29, 1.82) is 0 Å². The van der Waals surface area contributed by atoms with Gasteiger partial charge in [0.25, 0.3) is 0 Å². The Morgan fingerprint density at radius 2 is 2.07 bits per heavy atom. The van der Waals surface area contributed by atoms with E-state index in [1.165, 1.54) is 0 Å². The molecule has 2 nitrogen and oxygen atoms in total. The molecule has 1 unspecified atom stereocenters. The molecule has 1 aromatic rings. The minimum absolute atomic E-state index is 0.228. The molecule has 14 heavy (non-hydrogen) atoms. The summed E-state index contributed by atoms with van der Waals surface area (Å²) in [5, 5.41) is 9.93. The molecule has 0 spiro atoms. The van der Waals surface area contributed by atoms with Crippen LogP contribution in [0.2, 0.25) is 0 Å². The number of hydrogen-bond acceptors (Lipinski definition) is 2. The van der Waals surface area contributed by atoms with Gasteiger partial charge in [-0.15, -0.1) is 0 Å². The summed E-state index contributed by atoms with van der Waals surface area (Å²) in [4.78, 5) is 4.04. The first-order valence-corrected chi connectivity index (χ1v) is 5.34. The van der Waals surface area contributed by atoms with Gasteiger partial charge in [-0.1, -0.05) is 32.8 Å². The van der Waals surface area contributed by atoms with Crippen LogP contribution in [0.25, 0.3) is 0 Å². The van der Waals surface area contributed by atoms with Crippen LogP contribution in [0.15, 0.2) is 24.5 Å². The van der Waals surface area contributed by atoms with E-state index < -0.39 is 0 Å². The first kappa shape index (κ1) is 11.2. The second-order valence-corrected chi connectivity index (χ2v) is 3.71. The van der Waals surface area contributed by atoms with E-state index in [0.717, 1.165) is 24.8 Å². The molecule has 0 fully saturated rings. The molecule has 0 bridgehead atoms. The molecule has 0 aliphatic heterocycles. The van der Waals surface area contributed by atoms with Gasteiger partial charge in [0.15, 0.2) is 0 Å². The average molecular weight is 193 g/mol. The number of aliphatic hydroxyl groups excluding tert-OH is 1. The summed E-state index contributed by atoms with van der Waals surface area (Å²) in [6.07, 6.45) is 6.16. The van der Waals surface area contributed by atoms with Crippen molar-refractivity contribution >= 4 is 0 Å². The second-order valence-electron chi connectivity index (χ2n) is 3.71.